The predicted octanol–water partition coefficient (Wildman–Crippen LogP) is 3.35. The lowest BCUT2D eigenvalue weighted by molar-refractivity contribution is -0.141. The van der Waals surface area contributed by atoms with E-state index >= 15 is 0 Å². The van der Waals surface area contributed by atoms with Crippen LogP contribution in [0.1, 0.15) is 5.69 Å². The first-order chi connectivity index (χ1) is 7.97. The summed E-state index contributed by atoms with van der Waals surface area (Å²) in [5.74, 6) is 0. The highest BCUT2D eigenvalue weighted by atomic mass is 19.4. The van der Waals surface area contributed by atoms with E-state index in [0.29, 0.717) is 11.3 Å². The van der Waals surface area contributed by atoms with Gasteiger partial charge in [-0.3, -0.25) is 4.98 Å². The summed E-state index contributed by atoms with van der Waals surface area (Å²) >= 11 is 0. The summed E-state index contributed by atoms with van der Waals surface area (Å²) in [7, 11) is 0. The molecule has 0 spiro atoms. The normalized spacial score (nSPS) is 11.5. The molecule has 0 aliphatic rings. The van der Waals surface area contributed by atoms with Crippen molar-refractivity contribution in [3.05, 3.63) is 48.3 Å². The quantitative estimate of drug-likeness (QED) is 0.774. The van der Waals surface area contributed by atoms with Gasteiger partial charge in [-0.1, -0.05) is 18.2 Å². The minimum Gasteiger partial charge on any atom is -0.399 e. The molecule has 0 radical (unpaired) electrons. The van der Waals surface area contributed by atoms with E-state index in [1.165, 1.54) is 12.3 Å². The second-order valence-corrected chi connectivity index (χ2v) is 3.55. The maximum Gasteiger partial charge on any atom is 0.433 e. The van der Waals surface area contributed by atoms with E-state index < -0.39 is 11.9 Å². The number of anilines is 1. The number of alkyl halides is 3. The van der Waals surface area contributed by atoms with Crippen molar-refractivity contribution in [3.63, 3.8) is 0 Å². The van der Waals surface area contributed by atoms with Crippen LogP contribution in [0.3, 0.4) is 0 Å². The summed E-state index contributed by atoms with van der Waals surface area (Å²) in [6.07, 6.45) is -3.20. The fourth-order valence-electron chi connectivity index (χ4n) is 1.41. The van der Waals surface area contributed by atoms with Gasteiger partial charge in [-0.2, -0.15) is 13.2 Å². The van der Waals surface area contributed by atoms with Crippen molar-refractivity contribution in [1.29, 1.82) is 0 Å². The van der Waals surface area contributed by atoms with Crippen LogP contribution in [-0.4, -0.2) is 4.98 Å². The number of rotatable bonds is 1. The van der Waals surface area contributed by atoms with Crippen molar-refractivity contribution in [2.24, 2.45) is 0 Å². The SMILES string of the molecule is Nc1ccc(-c2ccc(C(F)(F)F)nc2)cc1. The molecular weight excluding hydrogens is 229 g/mol. The molecule has 88 valence electrons. The van der Waals surface area contributed by atoms with Crippen LogP contribution in [0.25, 0.3) is 11.1 Å². The van der Waals surface area contributed by atoms with Gasteiger partial charge in [-0.15, -0.1) is 0 Å². The Balaban J connectivity index is 2.33. The molecular formula is C12H9F3N2. The van der Waals surface area contributed by atoms with Gasteiger partial charge in [0.1, 0.15) is 5.69 Å². The number of halogens is 3. The molecule has 2 N–H and O–H groups in total. The van der Waals surface area contributed by atoms with Crippen LogP contribution in [0.5, 0.6) is 0 Å². The maximum atomic E-state index is 12.3. The van der Waals surface area contributed by atoms with Gasteiger partial charge in [0.15, 0.2) is 0 Å². The molecule has 0 amide bonds. The van der Waals surface area contributed by atoms with Gasteiger partial charge < -0.3 is 5.73 Å². The molecule has 17 heavy (non-hydrogen) atoms. The lowest BCUT2D eigenvalue weighted by Gasteiger charge is -2.06. The third kappa shape index (κ3) is 2.55. The van der Waals surface area contributed by atoms with Gasteiger partial charge in [0.2, 0.25) is 0 Å². The zero-order chi connectivity index (χ0) is 12.5. The lowest BCUT2D eigenvalue weighted by atomic mass is 10.1. The van der Waals surface area contributed by atoms with Crippen LogP contribution >= 0.6 is 0 Å². The summed E-state index contributed by atoms with van der Waals surface area (Å²) in [6, 6.07) is 9.20. The summed E-state index contributed by atoms with van der Waals surface area (Å²) in [5.41, 5.74) is 6.64. The second kappa shape index (κ2) is 4.08. The summed E-state index contributed by atoms with van der Waals surface area (Å²) in [5, 5.41) is 0. The highest BCUT2D eigenvalue weighted by Gasteiger charge is 2.31. The van der Waals surface area contributed by atoms with Crippen molar-refractivity contribution in [3.8, 4) is 11.1 Å². The van der Waals surface area contributed by atoms with Gasteiger partial charge in [0, 0.05) is 17.4 Å². The Morgan fingerprint density at radius 1 is 0.882 bits per heavy atom. The Morgan fingerprint density at radius 3 is 1.94 bits per heavy atom. The van der Waals surface area contributed by atoms with Gasteiger partial charge in [0.25, 0.3) is 0 Å². The fraction of sp³-hybridized carbons (Fsp3) is 0.0833. The van der Waals surface area contributed by atoms with E-state index in [1.54, 1.807) is 24.3 Å². The molecule has 1 aromatic heterocycles. The maximum absolute atomic E-state index is 12.3. The number of benzene rings is 1. The van der Waals surface area contributed by atoms with Crippen LogP contribution < -0.4 is 5.73 Å². The number of hydrogen-bond donors (Lipinski definition) is 1. The minimum absolute atomic E-state index is 0.605. The van der Waals surface area contributed by atoms with Crippen LogP contribution in [0.15, 0.2) is 42.6 Å². The molecule has 0 fully saturated rings. The molecule has 2 nitrogen and oxygen atoms in total. The second-order valence-electron chi connectivity index (χ2n) is 3.55. The average molecular weight is 238 g/mol. The van der Waals surface area contributed by atoms with E-state index in [-0.39, 0.29) is 0 Å². The van der Waals surface area contributed by atoms with E-state index in [2.05, 4.69) is 4.98 Å². The molecule has 1 aromatic carbocycles. The van der Waals surface area contributed by atoms with Crippen LogP contribution in [0.2, 0.25) is 0 Å². The first-order valence-electron chi connectivity index (χ1n) is 4.86. The van der Waals surface area contributed by atoms with Crippen molar-refractivity contribution in [2.75, 3.05) is 5.73 Å². The minimum atomic E-state index is -4.40. The largest absolute Gasteiger partial charge is 0.433 e. The summed E-state index contributed by atoms with van der Waals surface area (Å²) < 4.78 is 36.9. The van der Waals surface area contributed by atoms with Gasteiger partial charge in [-0.25, -0.2) is 0 Å². The van der Waals surface area contributed by atoms with E-state index in [9.17, 15) is 13.2 Å². The number of hydrogen-bond acceptors (Lipinski definition) is 2. The fourth-order valence-corrected chi connectivity index (χ4v) is 1.41. The molecule has 0 unspecified atom stereocenters. The molecule has 0 aliphatic carbocycles. The predicted molar refractivity (Wildman–Crippen MR) is 59.1 cm³/mol. The number of nitrogens with two attached hydrogens (primary N) is 1. The molecule has 0 bridgehead atoms. The van der Waals surface area contributed by atoms with E-state index in [0.717, 1.165) is 11.6 Å². The number of nitrogens with zero attached hydrogens (tertiary/aromatic N) is 1. The molecule has 2 aromatic rings. The van der Waals surface area contributed by atoms with Crippen molar-refractivity contribution in [2.45, 2.75) is 6.18 Å². The van der Waals surface area contributed by atoms with Crippen molar-refractivity contribution in [1.82, 2.24) is 4.98 Å². The zero-order valence-corrected chi connectivity index (χ0v) is 8.70. The molecule has 0 aliphatic heterocycles. The van der Waals surface area contributed by atoms with E-state index in [4.69, 9.17) is 5.73 Å². The van der Waals surface area contributed by atoms with Crippen LogP contribution in [-0.2, 0) is 6.18 Å². The zero-order valence-electron chi connectivity index (χ0n) is 8.70. The highest BCUT2D eigenvalue weighted by Crippen LogP contribution is 2.29. The van der Waals surface area contributed by atoms with Gasteiger partial charge >= 0.3 is 6.18 Å². The monoisotopic (exact) mass is 238 g/mol. The Labute approximate surface area is 95.9 Å². The smallest absolute Gasteiger partial charge is 0.399 e. The molecule has 1 heterocycles. The number of aromatic nitrogens is 1. The molecule has 0 saturated carbocycles. The highest BCUT2D eigenvalue weighted by molar-refractivity contribution is 5.64. The van der Waals surface area contributed by atoms with Crippen molar-refractivity contribution < 1.29 is 13.2 Å². The molecule has 0 atom stereocenters. The number of pyridine rings is 1. The Hall–Kier alpha value is -2.04. The molecule has 5 heteroatoms. The Kier molecular flexibility index (Phi) is 2.75. The van der Waals surface area contributed by atoms with Crippen molar-refractivity contribution >= 4 is 5.69 Å². The topological polar surface area (TPSA) is 38.9 Å². The van der Waals surface area contributed by atoms with E-state index in [1.807, 2.05) is 0 Å². The third-order valence-corrected chi connectivity index (χ3v) is 2.30. The molecule has 2 rings (SSSR count). The standard InChI is InChI=1S/C12H9F3N2/c13-12(14,15)11-6-3-9(7-17-11)8-1-4-10(16)5-2-8/h1-7H,16H2. The first-order valence-corrected chi connectivity index (χ1v) is 4.86. The van der Waals surface area contributed by atoms with Crippen LogP contribution in [0.4, 0.5) is 18.9 Å². The van der Waals surface area contributed by atoms with Crippen LogP contribution in [0, 0.1) is 0 Å². The molecule has 0 saturated heterocycles. The van der Waals surface area contributed by atoms with Gasteiger partial charge in [0.05, 0.1) is 0 Å². The lowest BCUT2D eigenvalue weighted by Crippen LogP contribution is -2.07. The number of nitrogen functional groups attached to an aromatic ring is 1. The summed E-state index contributed by atoms with van der Waals surface area (Å²) in [4.78, 5) is 3.39. The first kappa shape index (κ1) is 11.4. The third-order valence-electron chi connectivity index (χ3n) is 2.30. The average Bonchev–Trinajstić information content (AvgIpc) is 2.29. The van der Waals surface area contributed by atoms with Gasteiger partial charge in [-0.05, 0) is 23.8 Å². The Bertz CT molecular complexity index is 501. The Morgan fingerprint density at radius 2 is 1.47 bits per heavy atom. The summed E-state index contributed by atoms with van der Waals surface area (Å²) in [6.45, 7) is 0.